The van der Waals surface area contributed by atoms with Gasteiger partial charge >= 0.3 is 0 Å². The van der Waals surface area contributed by atoms with Crippen LogP contribution in [0.4, 0.5) is 5.82 Å². The van der Waals surface area contributed by atoms with E-state index in [0.29, 0.717) is 22.2 Å². The van der Waals surface area contributed by atoms with Crippen molar-refractivity contribution in [3.63, 3.8) is 0 Å². The monoisotopic (exact) mass is 316 g/mol. The zero-order valence-corrected chi connectivity index (χ0v) is 12.7. The minimum Gasteiger partial charge on any atom is -0.304 e. The molecule has 0 aliphatic rings. The molecule has 2 heterocycles. The van der Waals surface area contributed by atoms with Crippen molar-refractivity contribution in [3.8, 4) is 5.69 Å². The number of aromatic nitrogens is 5. The number of aromatic amines is 1. The maximum atomic E-state index is 12.2. The van der Waals surface area contributed by atoms with E-state index in [4.69, 9.17) is 11.6 Å². The van der Waals surface area contributed by atoms with Gasteiger partial charge in [-0.05, 0) is 32.0 Å². The van der Waals surface area contributed by atoms with Crippen molar-refractivity contribution in [2.45, 2.75) is 13.8 Å². The van der Waals surface area contributed by atoms with Crippen molar-refractivity contribution in [3.05, 3.63) is 52.4 Å². The number of carbonyl (C=O) groups is 1. The van der Waals surface area contributed by atoms with Gasteiger partial charge in [0, 0.05) is 16.8 Å². The van der Waals surface area contributed by atoms with Gasteiger partial charge < -0.3 is 5.32 Å². The molecule has 112 valence electrons. The molecule has 2 aromatic heterocycles. The van der Waals surface area contributed by atoms with Crippen LogP contribution in [0, 0.1) is 13.8 Å². The molecule has 1 aromatic carbocycles. The number of anilines is 1. The Kier molecular flexibility index (Phi) is 3.64. The van der Waals surface area contributed by atoms with Gasteiger partial charge in [0.2, 0.25) is 0 Å². The highest BCUT2D eigenvalue weighted by Gasteiger charge is 2.17. The lowest BCUT2D eigenvalue weighted by atomic mass is 10.3. The Morgan fingerprint density at radius 2 is 2.09 bits per heavy atom. The zero-order chi connectivity index (χ0) is 15.7. The number of hydrogen-bond acceptors (Lipinski definition) is 4. The number of amides is 1. The highest BCUT2D eigenvalue weighted by Crippen LogP contribution is 2.15. The predicted octanol–water partition coefficient (Wildman–Crippen LogP) is 2.51. The van der Waals surface area contributed by atoms with E-state index in [0.717, 1.165) is 5.69 Å². The smallest absolute Gasteiger partial charge is 0.279 e. The summed E-state index contributed by atoms with van der Waals surface area (Å²) in [5, 5.41) is 18.4. The van der Waals surface area contributed by atoms with Crippen LogP contribution >= 0.6 is 11.6 Å². The van der Waals surface area contributed by atoms with Crippen LogP contribution in [0.5, 0.6) is 0 Å². The molecule has 7 nitrogen and oxygen atoms in total. The maximum absolute atomic E-state index is 12.2. The molecule has 1 amide bonds. The van der Waals surface area contributed by atoms with Crippen molar-refractivity contribution in [1.82, 2.24) is 25.2 Å². The molecule has 2 N–H and O–H groups in total. The molecule has 0 spiro atoms. The van der Waals surface area contributed by atoms with Crippen LogP contribution in [0.2, 0.25) is 5.02 Å². The molecule has 22 heavy (non-hydrogen) atoms. The topological polar surface area (TPSA) is 88.5 Å². The van der Waals surface area contributed by atoms with Gasteiger partial charge in [-0.3, -0.25) is 9.89 Å². The number of benzene rings is 1. The third kappa shape index (κ3) is 2.84. The number of hydrogen-bond donors (Lipinski definition) is 2. The van der Waals surface area contributed by atoms with Crippen molar-refractivity contribution < 1.29 is 4.79 Å². The third-order valence-electron chi connectivity index (χ3n) is 2.98. The van der Waals surface area contributed by atoms with Crippen molar-refractivity contribution >= 4 is 23.3 Å². The number of nitrogens with one attached hydrogen (secondary N) is 2. The Morgan fingerprint density at radius 1 is 1.27 bits per heavy atom. The number of nitrogens with zero attached hydrogens (tertiary/aromatic N) is 4. The molecular formula is C14H13ClN6O. The first kappa shape index (κ1) is 14.3. The molecule has 0 atom stereocenters. The Balaban J connectivity index is 1.87. The molecule has 0 radical (unpaired) electrons. The van der Waals surface area contributed by atoms with E-state index in [1.807, 2.05) is 13.0 Å². The van der Waals surface area contributed by atoms with E-state index < -0.39 is 0 Å². The summed E-state index contributed by atoms with van der Waals surface area (Å²) in [6.45, 7) is 3.57. The van der Waals surface area contributed by atoms with Crippen LogP contribution in [-0.2, 0) is 0 Å². The largest absolute Gasteiger partial charge is 0.304 e. The number of halogens is 1. The van der Waals surface area contributed by atoms with Crippen molar-refractivity contribution in [2.75, 3.05) is 5.32 Å². The Morgan fingerprint density at radius 3 is 2.77 bits per heavy atom. The molecule has 0 fully saturated rings. The number of carbonyl (C=O) groups excluding carboxylic acids is 1. The maximum Gasteiger partial charge on any atom is 0.279 e. The van der Waals surface area contributed by atoms with Gasteiger partial charge in [-0.2, -0.15) is 15.0 Å². The second-order valence-electron chi connectivity index (χ2n) is 4.79. The van der Waals surface area contributed by atoms with Gasteiger partial charge in [-0.1, -0.05) is 17.7 Å². The fraction of sp³-hybridized carbons (Fsp3) is 0.143. The van der Waals surface area contributed by atoms with Crippen LogP contribution in [-0.4, -0.2) is 31.1 Å². The Hall–Kier alpha value is -2.67. The molecule has 0 saturated carbocycles. The highest BCUT2D eigenvalue weighted by molar-refractivity contribution is 6.30. The van der Waals surface area contributed by atoms with E-state index in [1.165, 1.54) is 4.80 Å². The minimum absolute atomic E-state index is 0.237. The lowest BCUT2D eigenvalue weighted by Gasteiger charge is -1.99. The van der Waals surface area contributed by atoms with Gasteiger partial charge in [0.05, 0.1) is 11.4 Å². The van der Waals surface area contributed by atoms with Crippen LogP contribution in [0.3, 0.4) is 0 Å². The minimum atomic E-state index is -0.364. The van der Waals surface area contributed by atoms with Gasteiger partial charge in [0.1, 0.15) is 0 Å². The lowest BCUT2D eigenvalue weighted by Crippen LogP contribution is -2.14. The summed E-state index contributed by atoms with van der Waals surface area (Å²) in [4.78, 5) is 13.6. The first-order chi connectivity index (χ1) is 10.5. The van der Waals surface area contributed by atoms with Crippen molar-refractivity contribution in [1.29, 1.82) is 0 Å². The zero-order valence-electron chi connectivity index (χ0n) is 12.0. The highest BCUT2D eigenvalue weighted by atomic mass is 35.5. The fourth-order valence-electron chi connectivity index (χ4n) is 1.96. The van der Waals surface area contributed by atoms with Gasteiger partial charge in [-0.15, -0.1) is 5.10 Å². The molecule has 0 aliphatic carbocycles. The average molecular weight is 317 g/mol. The molecule has 0 saturated heterocycles. The molecule has 8 heteroatoms. The Bertz CT molecular complexity index is 837. The SMILES string of the molecule is Cc1cc(NC(=O)c2nn(-c3cccc(Cl)c3)nc2C)n[nH]1. The fourth-order valence-corrected chi connectivity index (χ4v) is 2.15. The van der Waals surface area contributed by atoms with E-state index in [1.54, 1.807) is 31.2 Å². The summed E-state index contributed by atoms with van der Waals surface area (Å²) in [5.41, 5.74) is 2.30. The summed E-state index contributed by atoms with van der Waals surface area (Å²) < 4.78 is 0. The lowest BCUT2D eigenvalue weighted by molar-refractivity contribution is 0.102. The van der Waals surface area contributed by atoms with Gasteiger partial charge in [0.25, 0.3) is 5.91 Å². The van der Waals surface area contributed by atoms with E-state index in [9.17, 15) is 4.79 Å². The summed E-state index contributed by atoms with van der Waals surface area (Å²) in [7, 11) is 0. The molecule has 0 bridgehead atoms. The second kappa shape index (κ2) is 5.61. The summed E-state index contributed by atoms with van der Waals surface area (Å²) in [5.74, 6) is 0.0801. The van der Waals surface area contributed by atoms with Crippen LogP contribution in [0.1, 0.15) is 21.9 Å². The third-order valence-corrected chi connectivity index (χ3v) is 3.22. The molecule has 3 rings (SSSR count). The molecule has 3 aromatic rings. The predicted molar refractivity (Wildman–Crippen MR) is 82.4 cm³/mol. The first-order valence-corrected chi connectivity index (χ1v) is 6.94. The molecule has 0 aliphatic heterocycles. The van der Waals surface area contributed by atoms with E-state index in [2.05, 4.69) is 25.7 Å². The first-order valence-electron chi connectivity index (χ1n) is 6.56. The number of H-pyrrole nitrogens is 1. The Labute approximate surface area is 131 Å². The van der Waals surface area contributed by atoms with E-state index >= 15 is 0 Å². The summed E-state index contributed by atoms with van der Waals surface area (Å²) in [6, 6.07) is 8.82. The van der Waals surface area contributed by atoms with Crippen molar-refractivity contribution in [2.24, 2.45) is 0 Å². The normalized spacial score (nSPS) is 10.7. The standard InChI is InChI=1S/C14H13ClN6O/c1-8-6-12(18-17-8)16-14(22)13-9(2)19-21(20-13)11-5-3-4-10(15)7-11/h3-7H,1-2H3,(H2,16,17,18,22). The van der Waals surface area contributed by atoms with Gasteiger partial charge in [-0.25, -0.2) is 0 Å². The van der Waals surface area contributed by atoms with Crippen LogP contribution < -0.4 is 5.32 Å². The van der Waals surface area contributed by atoms with E-state index in [-0.39, 0.29) is 11.6 Å². The van der Waals surface area contributed by atoms with Crippen LogP contribution in [0.25, 0.3) is 5.69 Å². The van der Waals surface area contributed by atoms with Gasteiger partial charge in [0.15, 0.2) is 11.5 Å². The molecule has 0 unspecified atom stereocenters. The second-order valence-corrected chi connectivity index (χ2v) is 5.23. The summed E-state index contributed by atoms with van der Waals surface area (Å²) >= 11 is 5.95. The number of aryl methyl sites for hydroxylation is 2. The summed E-state index contributed by atoms with van der Waals surface area (Å²) in [6.07, 6.45) is 0. The van der Waals surface area contributed by atoms with Crippen LogP contribution in [0.15, 0.2) is 30.3 Å². The average Bonchev–Trinajstić information content (AvgIpc) is 3.05. The quantitative estimate of drug-likeness (QED) is 0.777. The molecular weight excluding hydrogens is 304 g/mol. The number of rotatable bonds is 3.